The molecule has 2 unspecified atom stereocenters. The Morgan fingerprint density at radius 3 is 2.80 bits per heavy atom. The maximum atomic E-state index is 12.4. The van der Waals surface area contributed by atoms with Crippen molar-refractivity contribution in [2.45, 2.75) is 26.7 Å². The number of hydrogen-bond donors (Lipinski definition) is 1. The van der Waals surface area contributed by atoms with Gasteiger partial charge in [-0.05, 0) is 19.8 Å². The van der Waals surface area contributed by atoms with Crippen molar-refractivity contribution in [1.29, 1.82) is 0 Å². The highest BCUT2D eigenvalue weighted by Gasteiger charge is 2.29. The van der Waals surface area contributed by atoms with Crippen LogP contribution >= 0.6 is 0 Å². The molecule has 20 heavy (non-hydrogen) atoms. The first-order valence-electron chi connectivity index (χ1n) is 7.23. The number of carbonyl (C=O) groups excluding carboxylic acids is 1. The van der Waals surface area contributed by atoms with Gasteiger partial charge in [-0.15, -0.1) is 0 Å². The number of carbonyl (C=O) groups is 2. The third kappa shape index (κ3) is 5.46. The summed E-state index contributed by atoms with van der Waals surface area (Å²) >= 11 is 0. The molecule has 0 spiro atoms. The quantitative estimate of drug-likeness (QED) is 0.640. The van der Waals surface area contributed by atoms with Crippen LogP contribution in [0.1, 0.15) is 26.7 Å². The molecule has 1 aliphatic rings. The minimum absolute atomic E-state index is 0.00657. The highest BCUT2D eigenvalue weighted by molar-refractivity contribution is 5.80. The van der Waals surface area contributed by atoms with E-state index in [4.69, 9.17) is 14.6 Å². The predicted molar refractivity (Wildman–Crippen MR) is 73.4 cm³/mol. The van der Waals surface area contributed by atoms with Crippen LogP contribution in [0, 0.1) is 11.8 Å². The van der Waals surface area contributed by atoms with Crippen molar-refractivity contribution in [2.24, 2.45) is 11.8 Å². The van der Waals surface area contributed by atoms with Crippen LogP contribution in [-0.2, 0) is 19.1 Å². The number of aliphatic carboxylic acids is 1. The fourth-order valence-electron chi connectivity index (χ4n) is 2.19. The minimum atomic E-state index is -0.879. The van der Waals surface area contributed by atoms with E-state index in [9.17, 15) is 9.59 Å². The average molecular weight is 287 g/mol. The number of nitrogens with zero attached hydrogens (tertiary/aromatic N) is 1. The van der Waals surface area contributed by atoms with Gasteiger partial charge in [0.1, 0.15) is 0 Å². The lowest BCUT2D eigenvalue weighted by atomic mass is 10.1. The van der Waals surface area contributed by atoms with Crippen molar-refractivity contribution in [2.75, 3.05) is 39.5 Å². The lowest BCUT2D eigenvalue weighted by molar-refractivity contribution is -0.144. The molecule has 0 saturated carbocycles. The Balaban J connectivity index is 2.52. The Kier molecular flexibility index (Phi) is 7.54. The van der Waals surface area contributed by atoms with Crippen molar-refractivity contribution in [1.82, 2.24) is 4.90 Å². The second-order valence-electron chi connectivity index (χ2n) is 5.13. The van der Waals surface area contributed by atoms with Crippen LogP contribution in [-0.4, -0.2) is 61.4 Å². The first-order chi connectivity index (χ1) is 9.56. The highest BCUT2D eigenvalue weighted by atomic mass is 16.5. The Hall–Kier alpha value is -1.14. The molecule has 1 amide bonds. The number of hydrogen-bond acceptors (Lipinski definition) is 4. The fraction of sp³-hybridized carbons (Fsp3) is 0.857. The van der Waals surface area contributed by atoms with Gasteiger partial charge in [-0.1, -0.05) is 6.92 Å². The van der Waals surface area contributed by atoms with E-state index in [1.807, 2.05) is 6.92 Å². The van der Waals surface area contributed by atoms with Gasteiger partial charge in [0.2, 0.25) is 5.91 Å². The standard InChI is InChI=1S/C14H25NO5/c1-3-19-7-4-6-15(9-11(2)14(17)18)13(16)12-5-8-20-10-12/h11-12H,3-10H2,1-2H3,(H,17,18). The summed E-state index contributed by atoms with van der Waals surface area (Å²) in [6.45, 7) is 6.62. The lowest BCUT2D eigenvalue weighted by Crippen LogP contribution is -2.41. The first kappa shape index (κ1) is 16.9. The van der Waals surface area contributed by atoms with Crippen LogP contribution in [0.5, 0.6) is 0 Å². The van der Waals surface area contributed by atoms with Gasteiger partial charge in [0.15, 0.2) is 0 Å². The number of carboxylic acid groups (broad SMARTS) is 1. The summed E-state index contributed by atoms with van der Waals surface area (Å²) in [7, 11) is 0. The smallest absolute Gasteiger partial charge is 0.308 e. The second kappa shape index (κ2) is 8.92. The van der Waals surface area contributed by atoms with Gasteiger partial charge in [0.05, 0.1) is 18.4 Å². The molecule has 0 aromatic heterocycles. The van der Waals surface area contributed by atoms with E-state index in [2.05, 4.69) is 0 Å². The van der Waals surface area contributed by atoms with Gasteiger partial charge in [-0.25, -0.2) is 0 Å². The topological polar surface area (TPSA) is 76.1 Å². The number of carboxylic acids is 1. The number of amides is 1. The van der Waals surface area contributed by atoms with Crippen LogP contribution in [0.3, 0.4) is 0 Å². The third-order valence-electron chi connectivity index (χ3n) is 3.43. The maximum absolute atomic E-state index is 12.4. The van der Waals surface area contributed by atoms with E-state index in [1.165, 1.54) is 0 Å². The van der Waals surface area contributed by atoms with Gasteiger partial charge in [-0.3, -0.25) is 9.59 Å². The van der Waals surface area contributed by atoms with Gasteiger partial charge in [0, 0.05) is 32.9 Å². The Bertz CT molecular complexity index is 315. The fourth-order valence-corrected chi connectivity index (χ4v) is 2.19. The SMILES string of the molecule is CCOCCCN(CC(C)C(=O)O)C(=O)C1CCOC1. The van der Waals surface area contributed by atoms with E-state index >= 15 is 0 Å². The molecule has 1 fully saturated rings. The molecule has 0 aromatic rings. The van der Waals surface area contributed by atoms with Crippen molar-refractivity contribution in [3.05, 3.63) is 0 Å². The van der Waals surface area contributed by atoms with Crippen LogP contribution < -0.4 is 0 Å². The summed E-state index contributed by atoms with van der Waals surface area (Å²) in [6.07, 6.45) is 1.45. The molecule has 116 valence electrons. The van der Waals surface area contributed by atoms with E-state index < -0.39 is 11.9 Å². The zero-order valence-electron chi connectivity index (χ0n) is 12.3. The van der Waals surface area contributed by atoms with Crippen molar-refractivity contribution in [3.8, 4) is 0 Å². The molecule has 1 aliphatic heterocycles. The minimum Gasteiger partial charge on any atom is -0.481 e. The summed E-state index contributed by atoms with van der Waals surface area (Å²) in [5.41, 5.74) is 0. The molecule has 0 bridgehead atoms. The molecule has 1 rings (SSSR count). The molecule has 2 atom stereocenters. The summed E-state index contributed by atoms with van der Waals surface area (Å²) in [6, 6.07) is 0. The van der Waals surface area contributed by atoms with E-state index in [1.54, 1.807) is 11.8 Å². The largest absolute Gasteiger partial charge is 0.481 e. The number of ether oxygens (including phenoxy) is 2. The van der Waals surface area contributed by atoms with Crippen LogP contribution in [0.2, 0.25) is 0 Å². The Morgan fingerprint density at radius 1 is 1.50 bits per heavy atom. The van der Waals surface area contributed by atoms with E-state index in [0.717, 1.165) is 12.8 Å². The van der Waals surface area contributed by atoms with Crippen LogP contribution in [0.25, 0.3) is 0 Å². The molecular weight excluding hydrogens is 262 g/mol. The van der Waals surface area contributed by atoms with E-state index in [0.29, 0.717) is 33.0 Å². The molecular formula is C14H25NO5. The molecule has 0 aromatic carbocycles. The average Bonchev–Trinajstić information content (AvgIpc) is 2.95. The van der Waals surface area contributed by atoms with E-state index in [-0.39, 0.29) is 18.4 Å². The summed E-state index contributed by atoms with van der Waals surface area (Å²) in [4.78, 5) is 25.0. The van der Waals surface area contributed by atoms with Gasteiger partial charge in [0.25, 0.3) is 0 Å². The van der Waals surface area contributed by atoms with Gasteiger partial charge < -0.3 is 19.5 Å². The molecule has 0 aliphatic carbocycles. The van der Waals surface area contributed by atoms with Gasteiger partial charge in [-0.2, -0.15) is 0 Å². The molecule has 1 heterocycles. The highest BCUT2D eigenvalue weighted by Crippen LogP contribution is 2.17. The molecule has 1 N–H and O–H groups in total. The first-order valence-corrected chi connectivity index (χ1v) is 7.23. The Labute approximate surface area is 120 Å². The summed E-state index contributed by atoms with van der Waals surface area (Å²) < 4.78 is 10.5. The molecule has 6 heteroatoms. The molecule has 6 nitrogen and oxygen atoms in total. The van der Waals surface area contributed by atoms with Gasteiger partial charge >= 0.3 is 5.97 Å². The van der Waals surface area contributed by atoms with Crippen molar-refractivity contribution in [3.63, 3.8) is 0 Å². The van der Waals surface area contributed by atoms with Crippen molar-refractivity contribution < 1.29 is 24.2 Å². The summed E-state index contributed by atoms with van der Waals surface area (Å²) in [5, 5.41) is 9.00. The predicted octanol–water partition coefficient (Wildman–Crippen LogP) is 0.999. The van der Waals surface area contributed by atoms with Crippen LogP contribution in [0.15, 0.2) is 0 Å². The zero-order chi connectivity index (χ0) is 15.0. The third-order valence-corrected chi connectivity index (χ3v) is 3.43. The Morgan fingerprint density at radius 2 is 2.25 bits per heavy atom. The molecule has 0 radical (unpaired) electrons. The van der Waals surface area contributed by atoms with Crippen molar-refractivity contribution >= 4 is 11.9 Å². The van der Waals surface area contributed by atoms with Crippen LogP contribution in [0.4, 0.5) is 0 Å². The number of rotatable bonds is 9. The normalized spacial score (nSPS) is 19.8. The summed E-state index contributed by atoms with van der Waals surface area (Å²) in [5.74, 6) is -1.56. The second-order valence-corrected chi connectivity index (χ2v) is 5.13. The molecule has 1 saturated heterocycles. The monoisotopic (exact) mass is 287 g/mol. The maximum Gasteiger partial charge on any atom is 0.308 e. The lowest BCUT2D eigenvalue weighted by Gasteiger charge is -2.26. The zero-order valence-corrected chi connectivity index (χ0v) is 12.3.